The Morgan fingerprint density at radius 1 is 1.44 bits per heavy atom. The number of aryl methyl sites for hydroxylation is 2. The maximum atomic E-state index is 6.32. The molecule has 102 valence electrons. The standard InChI is InChI=1S/C13H23ClN4/c1-10-12(13(14)17(3)16-10)9-18-7-5-4-6-11(18)8-15-2/h11,15H,4-9H2,1-3H3. The second-order valence-electron chi connectivity index (χ2n) is 5.16. The van der Waals surface area contributed by atoms with Crippen molar-refractivity contribution < 1.29 is 0 Å². The van der Waals surface area contributed by atoms with Crippen molar-refractivity contribution in [3.63, 3.8) is 0 Å². The molecule has 0 saturated carbocycles. The number of likely N-dealkylation sites (N-methyl/N-ethyl adjacent to an activating group) is 1. The third-order valence-electron chi connectivity index (χ3n) is 3.82. The van der Waals surface area contributed by atoms with Gasteiger partial charge in [0.15, 0.2) is 0 Å². The van der Waals surface area contributed by atoms with E-state index in [0.29, 0.717) is 6.04 Å². The Morgan fingerprint density at radius 2 is 2.22 bits per heavy atom. The fourth-order valence-corrected chi connectivity index (χ4v) is 3.03. The van der Waals surface area contributed by atoms with Crippen LogP contribution in [0, 0.1) is 6.92 Å². The van der Waals surface area contributed by atoms with Gasteiger partial charge in [-0.1, -0.05) is 18.0 Å². The van der Waals surface area contributed by atoms with Crippen LogP contribution in [0.25, 0.3) is 0 Å². The smallest absolute Gasteiger partial charge is 0.131 e. The Balaban J connectivity index is 2.10. The highest BCUT2D eigenvalue weighted by Crippen LogP contribution is 2.24. The molecule has 0 spiro atoms. The first kappa shape index (κ1) is 13.8. The van der Waals surface area contributed by atoms with E-state index in [2.05, 4.69) is 15.3 Å². The largest absolute Gasteiger partial charge is 0.318 e. The minimum absolute atomic E-state index is 0.624. The molecule has 1 atom stereocenters. The number of hydrogen-bond donors (Lipinski definition) is 1. The van der Waals surface area contributed by atoms with E-state index in [0.717, 1.165) is 30.5 Å². The molecule has 0 radical (unpaired) electrons. The summed E-state index contributed by atoms with van der Waals surface area (Å²) in [7, 11) is 3.93. The summed E-state index contributed by atoms with van der Waals surface area (Å²) in [6, 6.07) is 0.624. The topological polar surface area (TPSA) is 33.1 Å². The van der Waals surface area contributed by atoms with E-state index in [1.165, 1.54) is 24.8 Å². The number of likely N-dealkylation sites (tertiary alicyclic amines) is 1. The molecule has 2 rings (SSSR count). The molecular formula is C13H23ClN4. The van der Waals surface area contributed by atoms with Crippen molar-refractivity contribution in [1.29, 1.82) is 0 Å². The number of hydrogen-bond acceptors (Lipinski definition) is 3. The van der Waals surface area contributed by atoms with E-state index < -0.39 is 0 Å². The summed E-state index contributed by atoms with van der Waals surface area (Å²) in [5.41, 5.74) is 2.23. The van der Waals surface area contributed by atoms with E-state index in [-0.39, 0.29) is 0 Å². The summed E-state index contributed by atoms with van der Waals surface area (Å²) < 4.78 is 1.77. The summed E-state index contributed by atoms with van der Waals surface area (Å²) in [6.45, 7) is 5.18. The van der Waals surface area contributed by atoms with Crippen LogP contribution in [-0.2, 0) is 13.6 Å². The predicted octanol–water partition coefficient (Wildman–Crippen LogP) is 1.96. The SMILES string of the molecule is CNCC1CCCCN1Cc1c(C)nn(C)c1Cl. The number of nitrogens with zero attached hydrogens (tertiary/aromatic N) is 3. The molecule has 0 aliphatic carbocycles. The Bertz CT molecular complexity index is 400. The number of aromatic nitrogens is 2. The highest BCUT2D eigenvalue weighted by atomic mass is 35.5. The molecule has 0 amide bonds. The zero-order valence-corrected chi connectivity index (χ0v) is 12.3. The molecule has 4 nitrogen and oxygen atoms in total. The average Bonchev–Trinajstić information content (AvgIpc) is 2.59. The summed E-state index contributed by atoms with van der Waals surface area (Å²) in [4.78, 5) is 2.54. The van der Waals surface area contributed by atoms with Crippen LogP contribution in [0.5, 0.6) is 0 Å². The van der Waals surface area contributed by atoms with E-state index >= 15 is 0 Å². The first-order valence-corrected chi connectivity index (χ1v) is 7.08. The maximum Gasteiger partial charge on any atom is 0.131 e. The van der Waals surface area contributed by atoms with Crippen molar-refractivity contribution in [2.75, 3.05) is 20.1 Å². The lowest BCUT2D eigenvalue weighted by Gasteiger charge is -2.35. The molecule has 1 unspecified atom stereocenters. The molecule has 1 aliphatic rings. The van der Waals surface area contributed by atoms with Gasteiger partial charge in [-0.15, -0.1) is 0 Å². The quantitative estimate of drug-likeness (QED) is 0.908. The number of halogens is 1. The second kappa shape index (κ2) is 6.04. The molecule has 1 aliphatic heterocycles. The average molecular weight is 271 g/mol. The van der Waals surface area contributed by atoms with Gasteiger partial charge in [0.25, 0.3) is 0 Å². The summed E-state index contributed by atoms with van der Waals surface area (Å²) >= 11 is 6.32. The van der Waals surface area contributed by atoms with Gasteiger partial charge in [0.2, 0.25) is 0 Å². The zero-order chi connectivity index (χ0) is 13.1. The van der Waals surface area contributed by atoms with Gasteiger partial charge in [0, 0.05) is 31.7 Å². The number of piperidine rings is 1. The van der Waals surface area contributed by atoms with Gasteiger partial charge in [0.1, 0.15) is 5.15 Å². The highest BCUT2D eigenvalue weighted by Gasteiger charge is 2.24. The van der Waals surface area contributed by atoms with Gasteiger partial charge in [-0.2, -0.15) is 5.10 Å². The lowest BCUT2D eigenvalue weighted by molar-refractivity contribution is 0.139. The van der Waals surface area contributed by atoms with Crippen LogP contribution in [0.15, 0.2) is 0 Å². The minimum Gasteiger partial charge on any atom is -0.318 e. The van der Waals surface area contributed by atoms with Crippen molar-refractivity contribution in [1.82, 2.24) is 20.0 Å². The minimum atomic E-state index is 0.624. The molecule has 5 heteroatoms. The van der Waals surface area contributed by atoms with E-state index in [1.54, 1.807) is 4.68 Å². The first-order chi connectivity index (χ1) is 8.63. The van der Waals surface area contributed by atoms with Gasteiger partial charge in [-0.25, -0.2) is 0 Å². The van der Waals surface area contributed by atoms with Crippen LogP contribution < -0.4 is 5.32 Å². The van der Waals surface area contributed by atoms with Crippen LogP contribution in [0.3, 0.4) is 0 Å². The third kappa shape index (κ3) is 2.87. The summed E-state index contributed by atoms with van der Waals surface area (Å²) in [5, 5.41) is 8.46. The molecule has 18 heavy (non-hydrogen) atoms. The number of rotatable bonds is 4. The second-order valence-corrected chi connectivity index (χ2v) is 5.51. The molecule has 1 aromatic rings. The molecule has 0 aromatic carbocycles. The summed E-state index contributed by atoms with van der Waals surface area (Å²) in [6.07, 6.45) is 3.90. The molecular weight excluding hydrogens is 248 g/mol. The van der Waals surface area contributed by atoms with Gasteiger partial charge in [0.05, 0.1) is 5.69 Å². The lowest BCUT2D eigenvalue weighted by atomic mass is 10.0. The first-order valence-electron chi connectivity index (χ1n) is 6.70. The predicted molar refractivity (Wildman–Crippen MR) is 74.9 cm³/mol. The van der Waals surface area contributed by atoms with Gasteiger partial charge < -0.3 is 5.32 Å². The van der Waals surface area contributed by atoms with Crippen molar-refractivity contribution in [3.8, 4) is 0 Å². The van der Waals surface area contributed by atoms with Crippen LogP contribution in [0.4, 0.5) is 0 Å². The van der Waals surface area contributed by atoms with Gasteiger partial charge in [-0.05, 0) is 33.4 Å². The maximum absolute atomic E-state index is 6.32. The van der Waals surface area contributed by atoms with Crippen LogP contribution >= 0.6 is 11.6 Å². The van der Waals surface area contributed by atoms with E-state index in [9.17, 15) is 0 Å². The molecule has 1 N–H and O–H groups in total. The van der Waals surface area contributed by atoms with Crippen molar-refractivity contribution in [2.24, 2.45) is 7.05 Å². The monoisotopic (exact) mass is 270 g/mol. The van der Waals surface area contributed by atoms with Crippen molar-refractivity contribution in [3.05, 3.63) is 16.4 Å². The fraction of sp³-hybridized carbons (Fsp3) is 0.769. The summed E-state index contributed by atoms with van der Waals surface area (Å²) in [5.74, 6) is 0. The van der Waals surface area contributed by atoms with Crippen LogP contribution in [0.1, 0.15) is 30.5 Å². The van der Waals surface area contributed by atoms with E-state index in [4.69, 9.17) is 11.6 Å². The Labute approximate surface area is 114 Å². The van der Waals surface area contributed by atoms with Gasteiger partial charge in [-0.3, -0.25) is 9.58 Å². The fourth-order valence-electron chi connectivity index (χ4n) is 2.79. The third-order valence-corrected chi connectivity index (χ3v) is 4.29. The molecule has 1 saturated heterocycles. The van der Waals surface area contributed by atoms with E-state index in [1.807, 2.05) is 21.0 Å². The number of nitrogens with one attached hydrogen (secondary N) is 1. The normalized spacial score (nSPS) is 21.4. The Kier molecular flexibility index (Phi) is 4.65. The zero-order valence-electron chi connectivity index (χ0n) is 11.5. The highest BCUT2D eigenvalue weighted by molar-refractivity contribution is 6.30. The van der Waals surface area contributed by atoms with Crippen LogP contribution in [-0.4, -0.2) is 40.9 Å². The lowest BCUT2D eigenvalue weighted by Crippen LogP contribution is -2.44. The molecule has 1 aromatic heterocycles. The molecule has 1 fully saturated rings. The van der Waals surface area contributed by atoms with Gasteiger partial charge >= 0.3 is 0 Å². The van der Waals surface area contributed by atoms with Crippen molar-refractivity contribution >= 4 is 11.6 Å². The Morgan fingerprint density at radius 3 is 2.83 bits per heavy atom. The Hall–Kier alpha value is -0.580. The molecule has 2 heterocycles. The molecule has 0 bridgehead atoms. The van der Waals surface area contributed by atoms with Crippen LogP contribution in [0.2, 0.25) is 5.15 Å². The van der Waals surface area contributed by atoms with Crippen molar-refractivity contribution in [2.45, 2.75) is 38.8 Å².